The van der Waals surface area contributed by atoms with Crippen molar-refractivity contribution in [3.05, 3.63) is 24.0 Å². The van der Waals surface area contributed by atoms with Crippen LogP contribution >= 0.6 is 11.8 Å². The molecule has 2 rings (SSSR count). The minimum atomic E-state index is -3.24. The lowest BCUT2D eigenvalue weighted by Gasteiger charge is -2.06. The Morgan fingerprint density at radius 1 is 1.32 bits per heavy atom. The highest BCUT2D eigenvalue weighted by Gasteiger charge is 2.12. The minimum Gasteiger partial charge on any atom is -0.398 e. The normalized spacial score (nSPS) is 11.7. The Morgan fingerprint density at radius 3 is 2.47 bits per heavy atom. The Hall–Kier alpha value is -1.54. The summed E-state index contributed by atoms with van der Waals surface area (Å²) in [5.41, 5.74) is 6.29. The van der Waals surface area contributed by atoms with Crippen molar-refractivity contribution in [1.29, 1.82) is 0 Å². The van der Waals surface area contributed by atoms with Crippen molar-refractivity contribution in [2.45, 2.75) is 21.9 Å². The second kappa shape index (κ2) is 4.86. The molecule has 0 saturated heterocycles. The molecule has 6 nitrogen and oxygen atoms in total. The van der Waals surface area contributed by atoms with Gasteiger partial charge in [-0.2, -0.15) is 0 Å². The minimum absolute atomic E-state index is 0.212. The Bertz CT molecular complexity index is 722. The van der Waals surface area contributed by atoms with Gasteiger partial charge in [-0.15, -0.1) is 10.2 Å². The first-order chi connectivity index (χ1) is 8.79. The number of hydrogen-bond acceptors (Lipinski definition) is 6. The van der Waals surface area contributed by atoms with E-state index < -0.39 is 9.84 Å². The highest BCUT2D eigenvalue weighted by atomic mass is 32.2. The second-order valence-electron chi connectivity index (χ2n) is 4.16. The molecule has 8 heteroatoms. The quantitative estimate of drug-likeness (QED) is 0.858. The van der Waals surface area contributed by atoms with Gasteiger partial charge in [-0.3, -0.25) is 0 Å². The van der Waals surface area contributed by atoms with Crippen LogP contribution in [0.3, 0.4) is 0 Å². The average molecular weight is 298 g/mol. The maximum atomic E-state index is 11.4. The van der Waals surface area contributed by atoms with Gasteiger partial charge in [0, 0.05) is 23.9 Å². The number of aromatic nitrogens is 3. The number of hydrogen-bond donors (Lipinski definition) is 1. The van der Waals surface area contributed by atoms with Crippen LogP contribution in [0.4, 0.5) is 5.69 Å². The number of sulfone groups is 1. The number of nitrogens with zero attached hydrogens (tertiary/aromatic N) is 3. The topological polar surface area (TPSA) is 90.9 Å². The van der Waals surface area contributed by atoms with Crippen LogP contribution in [0.2, 0.25) is 0 Å². The van der Waals surface area contributed by atoms with Gasteiger partial charge in [0.2, 0.25) is 0 Å². The predicted octanol–water partition coefficient (Wildman–Crippen LogP) is 1.26. The molecule has 1 aromatic carbocycles. The molecular weight excluding hydrogens is 284 g/mol. The van der Waals surface area contributed by atoms with Crippen LogP contribution in [0.25, 0.3) is 0 Å². The van der Waals surface area contributed by atoms with Crippen molar-refractivity contribution < 1.29 is 8.42 Å². The zero-order valence-electron chi connectivity index (χ0n) is 10.8. The number of benzene rings is 1. The summed E-state index contributed by atoms with van der Waals surface area (Å²) in [6, 6.07) is 4.68. The summed E-state index contributed by atoms with van der Waals surface area (Å²) >= 11 is 1.35. The fourth-order valence-electron chi connectivity index (χ4n) is 1.43. The summed E-state index contributed by atoms with van der Waals surface area (Å²) in [6.45, 7) is 1.85. The molecule has 1 aromatic heterocycles. The smallest absolute Gasteiger partial charge is 0.195 e. The lowest BCUT2D eigenvalue weighted by atomic mass is 10.3. The number of rotatable bonds is 3. The summed E-state index contributed by atoms with van der Waals surface area (Å²) < 4.78 is 24.7. The number of aryl methyl sites for hydroxylation is 1. The van der Waals surface area contributed by atoms with E-state index in [0.717, 1.165) is 17.0 Å². The number of nitrogens with two attached hydrogens (primary N) is 1. The molecule has 0 fully saturated rings. The molecular formula is C11H14N4O2S2. The molecule has 0 aliphatic carbocycles. The molecule has 0 atom stereocenters. The zero-order chi connectivity index (χ0) is 14.2. The monoisotopic (exact) mass is 298 g/mol. The first kappa shape index (κ1) is 13.9. The molecule has 0 bridgehead atoms. The maximum absolute atomic E-state index is 11.4. The van der Waals surface area contributed by atoms with Crippen molar-refractivity contribution in [3.63, 3.8) is 0 Å². The van der Waals surface area contributed by atoms with Crippen molar-refractivity contribution in [2.24, 2.45) is 7.05 Å². The van der Waals surface area contributed by atoms with Crippen molar-refractivity contribution >= 4 is 27.3 Å². The number of anilines is 1. The van der Waals surface area contributed by atoms with E-state index in [1.54, 1.807) is 6.07 Å². The van der Waals surface area contributed by atoms with Gasteiger partial charge in [-0.1, -0.05) is 0 Å². The third kappa shape index (κ3) is 2.90. The highest BCUT2D eigenvalue weighted by Crippen LogP contribution is 2.32. The van der Waals surface area contributed by atoms with Crippen LogP contribution in [0, 0.1) is 6.92 Å². The molecule has 102 valence electrons. The van der Waals surface area contributed by atoms with Crippen molar-refractivity contribution in [3.8, 4) is 0 Å². The van der Waals surface area contributed by atoms with Gasteiger partial charge < -0.3 is 10.3 Å². The van der Waals surface area contributed by atoms with Gasteiger partial charge in [0.25, 0.3) is 0 Å². The Labute approximate surface area is 115 Å². The van der Waals surface area contributed by atoms with E-state index in [9.17, 15) is 8.42 Å². The molecule has 19 heavy (non-hydrogen) atoms. The van der Waals surface area contributed by atoms with E-state index in [-0.39, 0.29) is 4.90 Å². The van der Waals surface area contributed by atoms with Gasteiger partial charge in [-0.05, 0) is 36.9 Å². The van der Waals surface area contributed by atoms with Crippen LogP contribution in [0.15, 0.2) is 33.1 Å². The van der Waals surface area contributed by atoms with Gasteiger partial charge in [0.05, 0.1) is 4.90 Å². The van der Waals surface area contributed by atoms with Crippen LogP contribution < -0.4 is 5.73 Å². The van der Waals surface area contributed by atoms with E-state index in [1.807, 2.05) is 18.5 Å². The average Bonchev–Trinajstić information content (AvgIpc) is 2.62. The van der Waals surface area contributed by atoms with Crippen LogP contribution in [0.5, 0.6) is 0 Å². The summed E-state index contributed by atoms with van der Waals surface area (Å²) in [5.74, 6) is 0.800. The summed E-state index contributed by atoms with van der Waals surface area (Å²) in [7, 11) is -1.38. The van der Waals surface area contributed by atoms with Crippen LogP contribution in [0.1, 0.15) is 5.82 Å². The standard InChI is InChI=1S/C11H14N4O2S2/c1-7-13-14-11(15(7)2)18-10-5-4-8(6-9(10)12)19(3,16)17/h4-6H,12H2,1-3H3. The molecule has 1 heterocycles. The molecule has 0 unspecified atom stereocenters. The Kier molecular flexibility index (Phi) is 3.55. The largest absolute Gasteiger partial charge is 0.398 e. The Morgan fingerprint density at radius 2 is 2.00 bits per heavy atom. The second-order valence-corrected chi connectivity index (χ2v) is 7.19. The predicted molar refractivity (Wildman–Crippen MR) is 73.8 cm³/mol. The lowest BCUT2D eigenvalue weighted by molar-refractivity contribution is 0.602. The van der Waals surface area contributed by atoms with E-state index in [0.29, 0.717) is 10.8 Å². The van der Waals surface area contributed by atoms with E-state index >= 15 is 0 Å². The maximum Gasteiger partial charge on any atom is 0.195 e. The highest BCUT2D eigenvalue weighted by molar-refractivity contribution is 7.99. The number of nitrogen functional groups attached to an aromatic ring is 1. The summed E-state index contributed by atoms with van der Waals surface area (Å²) in [6.07, 6.45) is 1.15. The van der Waals surface area contributed by atoms with Gasteiger partial charge in [-0.25, -0.2) is 8.42 Å². The molecule has 2 aromatic rings. The van der Waals surface area contributed by atoms with Gasteiger partial charge >= 0.3 is 0 Å². The molecule has 2 N–H and O–H groups in total. The van der Waals surface area contributed by atoms with E-state index in [4.69, 9.17) is 5.73 Å². The molecule has 0 spiro atoms. The zero-order valence-corrected chi connectivity index (χ0v) is 12.4. The molecule has 0 amide bonds. The van der Waals surface area contributed by atoms with Gasteiger partial charge in [0.15, 0.2) is 15.0 Å². The Balaban J connectivity index is 2.35. The lowest BCUT2D eigenvalue weighted by Crippen LogP contribution is -2.00. The van der Waals surface area contributed by atoms with Crippen molar-refractivity contribution in [2.75, 3.05) is 12.0 Å². The summed E-state index contributed by atoms with van der Waals surface area (Å²) in [4.78, 5) is 0.964. The van der Waals surface area contributed by atoms with E-state index in [2.05, 4.69) is 10.2 Å². The van der Waals surface area contributed by atoms with Crippen molar-refractivity contribution in [1.82, 2.24) is 14.8 Å². The molecule has 0 radical (unpaired) electrons. The first-order valence-electron chi connectivity index (χ1n) is 5.42. The fraction of sp³-hybridized carbons (Fsp3) is 0.273. The van der Waals surface area contributed by atoms with Crippen LogP contribution in [-0.4, -0.2) is 29.4 Å². The molecule has 0 aliphatic heterocycles. The molecule has 0 aliphatic rings. The SMILES string of the molecule is Cc1nnc(Sc2ccc(S(C)(=O)=O)cc2N)n1C. The fourth-order valence-corrected chi connectivity index (χ4v) is 2.94. The third-order valence-electron chi connectivity index (χ3n) is 2.66. The first-order valence-corrected chi connectivity index (χ1v) is 8.13. The molecule has 0 saturated carbocycles. The van der Waals surface area contributed by atoms with Gasteiger partial charge in [0.1, 0.15) is 5.82 Å². The summed E-state index contributed by atoms with van der Waals surface area (Å²) in [5, 5.41) is 8.68. The third-order valence-corrected chi connectivity index (χ3v) is 4.90. The van der Waals surface area contributed by atoms with E-state index in [1.165, 1.54) is 23.9 Å². The van der Waals surface area contributed by atoms with Crippen LogP contribution in [-0.2, 0) is 16.9 Å².